The Hall–Kier alpha value is -2.86. The molecule has 33 heavy (non-hydrogen) atoms. The molecule has 1 aromatic heterocycles. The number of anilines is 3. The van der Waals surface area contributed by atoms with Gasteiger partial charge < -0.3 is 20.9 Å². The summed E-state index contributed by atoms with van der Waals surface area (Å²) >= 11 is 5.63. The molecule has 2 aromatic carbocycles. The summed E-state index contributed by atoms with van der Waals surface area (Å²) in [5.74, 6) is 1.41. The molecule has 1 heterocycles. The maximum atomic E-state index is 5.63. The van der Waals surface area contributed by atoms with Gasteiger partial charge in [0.15, 0.2) is 5.11 Å². The van der Waals surface area contributed by atoms with Crippen LogP contribution in [0.15, 0.2) is 54.6 Å². The van der Waals surface area contributed by atoms with Gasteiger partial charge in [-0.2, -0.15) is 0 Å². The van der Waals surface area contributed by atoms with Crippen LogP contribution in [0.1, 0.15) is 51.0 Å². The van der Waals surface area contributed by atoms with E-state index in [1.54, 1.807) is 0 Å². The number of fused-ring (bicyclic) bond motifs is 1. The maximum Gasteiger partial charge on any atom is 0.171 e. The van der Waals surface area contributed by atoms with Gasteiger partial charge in [0, 0.05) is 49.0 Å². The Labute approximate surface area is 203 Å². The number of nitrogens with zero attached hydrogens (tertiary/aromatic N) is 2. The van der Waals surface area contributed by atoms with Crippen LogP contribution >= 0.6 is 12.2 Å². The molecule has 0 saturated heterocycles. The highest BCUT2D eigenvalue weighted by Crippen LogP contribution is 2.29. The molecular weight excluding hydrogens is 426 g/mol. The van der Waals surface area contributed by atoms with Gasteiger partial charge in [0.1, 0.15) is 5.82 Å². The van der Waals surface area contributed by atoms with Gasteiger partial charge in [-0.15, -0.1) is 0 Å². The molecule has 0 aliphatic heterocycles. The van der Waals surface area contributed by atoms with Crippen molar-refractivity contribution in [1.82, 2.24) is 10.3 Å². The highest BCUT2D eigenvalue weighted by Gasteiger charge is 2.22. The van der Waals surface area contributed by atoms with E-state index in [1.807, 2.05) is 6.07 Å². The van der Waals surface area contributed by atoms with Gasteiger partial charge in [-0.1, -0.05) is 50.2 Å². The minimum Gasteiger partial charge on any atom is -0.377 e. The Morgan fingerprint density at radius 2 is 1.64 bits per heavy atom. The second-order valence-corrected chi connectivity index (χ2v) is 9.88. The molecule has 0 atom stereocenters. The molecule has 0 bridgehead atoms. The average molecular weight is 462 g/mol. The van der Waals surface area contributed by atoms with Gasteiger partial charge in [-0.05, 0) is 61.5 Å². The lowest BCUT2D eigenvalue weighted by molar-refractivity contribution is 0.388. The molecule has 1 fully saturated rings. The van der Waals surface area contributed by atoms with Crippen LogP contribution in [0.3, 0.4) is 0 Å². The van der Waals surface area contributed by atoms with Gasteiger partial charge in [0.05, 0.1) is 5.52 Å². The third-order valence-electron chi connectivity index (χ3n) is 6.42. The number of hydrogen-bond donors (Lipinski definition) is 3. The van der Waals surface area contributed by atoms with Crippen LogP contribution < -0.4 is 20.9 Å². The predicted molar refractivity (Wildman–Crippen MR) is 146 cm³/mol. The molecule has 1 aliphatic rings. The van der Waals surface area contributed by atoms with Crippen molar-refractivity contribution >= 4 is 45.4 Å². The summed E-state index contributed by atoms with van der Waals surface area (Å²) in [5, 5.41) is 12.5. The Morgan fingerprint density at radius 3 is 2.36 bits per heavy atom. The molecule has 0 unspecified atom stereocenters. The van der Waals surface area contributed by atoms with Crippen molar-refractivity contribution < 1.29 is 0 Å². The van der Waals surface area contributed by atoms with E-state index in [0.717, 1.165) is 42.7 Å². The Morgan fingerprint density at radius 1 is 0.970 bits per heavy atom. The molecular formula is C27H35N5S. The minimum atomic E-state index is 0.399. The first kappa shape index (κ1) is 23.3. The van der Waals surface area contributed by atoms with E-state index in [0.29, 0.717) is 23.1 Å². The highest BCUT2D eigenvalue weighted by molar-refractivity contribution is 7.80. The van der Waals surface area contributed by atoms with Gasteiger partial charge >= 0.3 is 0 Å². The number of pyridine rings is 1. The van der Waals surface area contributed by atoms with Crippen molar-refractivity contribution in [2.75, 3.05) is 29.6 Å². The monoisotopic (exact) mass is 461 g/mol. The van der Waals surface area contributed by atoms with Crippen LogP contribution in [0.5, 0.6) is 0 Å². The van der Waals surface area contributed by atoms with E-state index in [9.17, 15) is 0 Å². The number of hydrogen-bond acceptors (Lipinski definition) is 4. The first-order valence-corrected chi connectivity index (χ1v) is 12.3. The molecule has 3 aromatic rings. The number of benzene rings is 2. The minimum absolute atomic E-state index is 0.399. The Balaban J connectivity index is 1.33. The summed E-state index contributed by atoms with van der Waals surface area (Å²) in [4.78, 5) is 7.02. The molecule has 0 spiro atoms. The standard InChI is InChI=1S/C27H35N5S/c1-18(2)21-9-5-7-11-23(21)31-27(33)29-20-15-13-19(14-16-20)28-26-17-25(32(3)4)22-10-6-8-12-24(22)30-26/h5-12,17-20H,13-16H2,1-4H3,(H,28,30)(H2,29,31,33). The summed E-state index contributed by atoms with van der Waals surface area (Å²) < 4.78 is 0. The second kappa shape index (κ2) is 10.4. The summed E-state index contributed by atoms with van der Waals surface area (Å²) in [6, 6.07) is 19.7. The van der Waals surface area contributed by atoms with Crippen LogP contribution in [0.25, 0.3) is 10.9 Å². The average Bonchev–Trinajstić information content (AvgIpc) is 2.80. The first-order chi connectivity index (χ1) is 15.9. The number of nitrogens with one attached hydrogen (secondary N) is 3. The molecule has 3 N–H and O–H groups in total. The van der Waals surface area contributed by atoms with E-state index in [4.69, 9.17) is 17.2 Å². The first-order valence-electron chi connectivity index (χ1n) is 11.9. The van der Waals surface area contributed by atoms with E-state index < -0.39 is 0 Å². The fourth-order valence-electron chi connectivity index (χ4n) is 4.65. The van der Waals surface area contributed by atoms with E-state index in [-0.39, 0.29) is 0 Å². The van der Waals surface area contributed by atoms with Crippen molar-refractivity contribution in [3.8, 4) is 0 Å². The van der Waals surface area contributed by atoms with Gasteiger partial charge in [-0.3, -0.25) is 0 Å². The molecule has 5 nitrogen and oxygen atoms in total. The predicted octanol–water partition coefficient (Wildman–Crippen LogP) is 6.13. The summed E-state index contributed by atoms with van der Waals surface area (Å²) in [7, 11) is 4.16. The number of rotatable bonds is 6. The SMILES string of the molecule is CC(C)c1ccccc1NC(=S)NC1CCC(Nc2cc(N(C)C)c3ccccc3n2)CC1. The Kier molecular flexibility index (Phi) is 7.33. The van der Waals surface area contributed by atoms with Crippen LogP contribution in [0.2, 0.25) is 0 Å². The molecule has 174 valence electrons. The third kappa shape index (κ3) is 5.74. The van der Waals surface area contributed by atoms with Crippen LogP contribution in [0.4, 0.5) is 17.2 Å². The Bertz CT molecular complexity index is 1100. The van der Waals surface area contributed by atoms with Crippen LogP contribution in [-0.2, 0) is 0 Å². The zero-order valence-electron chi connectivity index (χ0n) is 20.1. The van der Waals surface area contributed by atoms with E-state index in [2.05, 4.69) is 97.3 Å². The lowest BCUT2D eigenvalue weighted by Crippen LogP contribution is -2.42. The van der Waals surface area contributed by atoms with Gasteiger partial charge in [0.2, 0.25) is 0 Å². The summed E-state index contributed by atoms with van der Waals surface area (Å²) in [5.41, 5.74) is 4.60. The van der Waals surface area contributed by atoms with Gasteiger partial charge in [-0.25, -0.2) is 4.98 Å². The van der Waals surface area contributed by atoms with Crippen LogP contribution in [-0.4, -0.2) is 36.3 Å². The van der Waals surface area contributed by atoms with Crippen molar-refractivity contribution in [1.29, 1.82) is 0 Å². The summed E-state index contributed by atoms with van der Waals surface area (Å²) in [6.45, 7) is 4.41. The molecule has 4 rings (SSSR count). The second-order valence-electron chi connectivity index (χ2n) is 9.47. The van der Waals surface area contributed by atoms with Crippen molar-refractivity contribution in [3.63, 3.8) is 0 Å². The molecule has 0 amide bonds. The molecule has 1 aliphatic carbocycles. The number of aromatic nitrogens is 1. The number of para-hydroxylation sites is 2. The lowest BCUT2D eigenvalue weighted by Gasteiger charge is -2.31. The smallest absolute Gasteiger partial charge is 0.171 e. The van der Waals surface area contributed by atoms with Crippen LogP contribution in [0, 0.1) is 0 Å². The number of thiocarbonyl (C=S) groups is 1. The summed E-state index contributed by atoms with van der Waals surface area (Å²) in [6.07, 6.45) is 4.35. The third-order valence-corrected chi connectivity index (χ3v) is 6.64. The van der Waals surface area contributed by atoms with Gasteiger partial charge in [0.25, 0.3) is 0 Å². The van der Waals surface area contributed by atoms with Crippen molar-refractivity contribution in [3.05, 3.63) is 60.2 Å². The fraction of sp³-hybridized carbons (Fsp3) is 0.407. The zero-order valence-corrected chi connectivity index (χ0v) is 20.9. The van der Waals surface area contributed by atoms with Crippen molar-refractivity contribution in [2.45, 2.75) is 57.5 Å². The maximum absolute atomic E-state index is 5.63. The topological polar surface area (TPSA) is 52.2 Å². The van der Waals surface area contributed by atoms with E-state index in [1.165, 1.54) is 16.6 Å². The zero-order chi connectivity index (χ0) is 23.4. The fourth-order valence-corrected chi connectivity index (χ4v) is 4.93. The molecule has 0 radical (unpaired) electrons. The van der Waals surface area contributed by atoms with Crippen molar-refractivity contribution in [2.24, 2.45) is 0 Å². The largest absolute Gasteiger partial charge is 0.377 e. The highest BCUT2D eigenvalue weighted by atomic mass is 32.1. The lowest BCUT2D eigenvalue weighted by atomic mass is 9.91. The molecule has 6 heteroatoms. The molecule has 1 saturated carbocycles. The normalized spacial score (nSPS) is 18.2. The quantitative estimate of drug-likeness (QED) is 0.384. The van der Waals surface area contributed by atoms with E-state index >= 15 is 0 Å².